The fourth-order valence-electron chi connectivity index (χ4n) is 2.56. The minimum absolute atomic E-state index is 0. The first-order valence-corrected chi connectivity index (χ1v) is 6.81. The standard InChI is InChI=1S/C15H22N2O.ClH/c1-3-10-17(13-8-9-16-11-13)15(18)14-7-5-4-6-12(14)2;/h4-7,13,16H,3,8-11H2,1-2H3;1H. The topological polar surface area (TPSA) is 32.3 Å². The first-order chi connectivity index (χ1) is 8.74. The number of halogens is 1. The van der Waals surface area contributed by atoms with E-state index >= 15 is 0 Å². The lowest BCUT2D eigenvalue weighted by Gasteiger charge is -2.28. The lowest BCUT2D eigenvalue weighted by Crippen LogP contribution is -2.42. The molecule has 0 aliphatic carbocycles. The van der Waals surface area contributed by atoms with E-state index < -0.39 is 0 Å². The van der Waals surface area contributed by atoms with Gasteiger partial charge in [0.15, 0.2) is 0 Å². The van der Waals surface area contributed by atoms with E-state index in [4.69, 9.17) is 0 Å². The molecule has 3 nitrogen and oxygen atoms in total. The molecule has 0 bridgehead atoms. The van der Waals surface area contributed by atoms with E-state index in [0.29, 0.717) is 6.04 Å². The van der Waals surface area contributed by atoms with Crippen molar-refractivity contribution >= 4 is 18.3 Å². The van der Waals surface area contributed by atoms with Crippen LogP contribution in [-0.2, 0) is 0 Å². The fourth-order valence-corrected chi connectivity index (χ4v) is 2.56. The van der Waals surface area contributed by atoms with Gasteiger partial charge in [-0.05, 0) is 37.9 Å². The highest BCUT2D eigenvalue weighted by Gasteiger charge is 2.27. The molecule has 1 unspecified atom stereocenters. The van der Waals surface area contributed by atoms with E-state index in [1.807, 2.05) is 36.1 Å². The van der Waals surface area contributed by atoms with Crippen molar-refractivity contribution in [2.75, 3.05) is 19.6 Å². The maximum absolute atomic E-state index is 12.6. The van der Waals surface area contributed by atoms with E-state index in [9.17, 15) is 4.79 Å². The summed E-state index contributed by atoms with van der Waals surface area (Å²) < 4.78 is 0. The highest BCUT2D eigenvalue weighted by Crippen LogP contribution is 2.16. The second-order valence-electron chi connectivity index (χ2n) is 4.96. The van der Waals surface area contributed by atoms with Gasteiger partial charge in [-0.3, -0.25) is 4.79 Å². The van der Waals surface area contributed by atoms with E-state index in [2.05, 4.69) is 12.2 Å². The van der Waals surface area contributed by atoms with E-state index in [0.717, 1.165) is 43.6 Å². The molecule has 1 amide bonds. The summed E-state index contributed by atoms with van der Waals surface area (Å²) in [6, 6.07) is 8.22. The van der Waals surface area contributed by atoms with Gasteiger partial charge in [-0.15, -0.1) is 12.4 Å². The molecule has 2 rings (SSSR count). The number of aryl methyl sites for hydroxylation is 1. The molecule has 1 fully saturated rings. The van der Waals surface area contributed by atoms with Crippen molar-refractivity contribution in [3.05, 3.63) is 35.4 Å². The number of hydrogen-bond acceptors (Lipinski definition) is 2. The molecule has 106 valence electrons. The van der Waals surface area contributed by atoms with Crippen LogP contribution in [0.5, 0.6) is 0 Å². The Balaban J connectivity index is 0.00000180. The molecule has 0 aromatic heterocycles. The summed E-state index contributed by atoms with van der Waals surface area (Å²) >= 11 is 0. The van der Waals surface area contributed by atoms with Gasteiger partial charge in [0.05, 0.1) is 0 Å². The molecule has 1 aliphatic rings. The average molecular weight is 283 g/mol. The van der Waals surface area contributed by atoms with Gasteiger partial charge in [-0.25, -0.2) is 0 Å². The average Bonchev–Trinajstić information content (AvgIpc) is 2.89. The highest BCUT2D eigenvalue weighted by atomic mass is 35.5. The van der Waals surface area contributed by atoms with Crippen molar-refractivity contribution in [2.45, 2.75) is 32.7 Å². The number of carbonyl (C=O) groups excluding carboxylic acids is 1. The first-order valence-electron chi connectivity index (χ1n) is 6.81. The van der Waals surface area contributed by atoms with Crippen molar-refractivity contribution in [3.63, 3.8) is 0 Å². The number of hydrogen-bond donors (Lipinski definition) is 1. The van der Waals surface area contributed by atoms with E-state index in [-0.39, 0.29) is 18.3 Å². The Morgan fingerprint density at radius 3 is 2.74 bits per heavy atom. The van der Waals surface area contributed by atoms with Crippen LogP contribution < -0.4 is 5.32 Å². The Bertz CT molecular complexity index is 416. The predicted octanol–water partition coefficient (Wildman–Crippen LogP) is 2.63. The van der Waals surface area contributed by atoms with Gasteiger partial charge in [-0.2, -0.15) is 0 Å². The Labute approximate surface area is 121 Å². The zero-order valence-electron chi connectivity index (χ0n) is 11.7. The molecule has 1 aliphatic heterocycles. The second kappa shape index (κ2) is 7.51. The van der Waals surface area contributed by atoms with Gasteiger partial charge in [-0.1, -0.05) is 25.1 Å². The predicted molar refractivity (Wildman–Crippen MR) is 81.0 cm³/mol. The largest absolute Gasteiger partial charge is 0.334 e. The fraction of sp³-hybridized carbons (Fsp3) is 0.533. The molecule has 0 radical (unpaired) electrons. The molecule has 0 saturated carbocycles. The summed E-state index contributed by atoms with van der Waals surface area (Å²) in [5.74, 6) is 0.184. The van der Waals surface area contributed by atoms with Crippen LogP contribution in [0.2, 0.25) is 0 Å². The van der Waals surface area contributed by atoms with E-state index in [1.165, 1.54) is 0 Å². The second-order valence-corrected chi connectivity index (χ2v) is 4.96. The maximum Gasteiger partial charge on any atom is 0.254 e. The minimum atomic E-state index is 0. The lowest BCUT2D eigenvalue weighted by atomic mass is 10.1. The SMILES string of the molecule is CCCN(C(=O)c1ccccc1C)C1CCNC1.Cl. The molecule has 0 spiro atoms. The maximum atomic E-state index is 12.6. The Kier molecular flexibility index (Phi) is 6.32. The number of rotatable bonds is 4. The van der Waals surface area contributed by atoms with Crippen LogP contribution in [0, 0.1) is 6.92 Å². The summed E-state index contributed by atoms with van der Waals surface area (Å²) in [7, 11) is 0. The van der Waals surface area contributed by atoms with Gasteiger partial charge in [0, 0.05) is 24.7 Å². The molecule has 1 saturated heterocycles. The number of nitrogens with one attached hydrogen (secondary N) is 1. The molecule has 1 N–H and O–H groups in total. The van der Waals surface area contributed by atoms with Crippen LogP contribution >= 0.6 is 12.4 Å². The van der Waals surface area contributed by atoms with Crippen molar-refractivity contribution < 1.29 is 4.79 Å². The van der Waals surface area contributed by atoms with Gasteiger partial charge in [0.1, 0.15) is 0 Å². The highest BCUT2D eigenvalue weighted by molar-refractivity contribution is 5.95. The Morgan fingerprint density at radius 1 is 1.42 bits per heavy atom. The summed E-state index contributed by atoms with van der Waals surface area (Å²) in [5, 5.41) is 3.34. The van der Waals surface area contributed by atoms with Crippen LogP contribution in [0.1, 0.15) is 35.7 Å². The first kappa shape index (κ1) is 16.0. The van der Waals surface area contributed by atoms with Crippen molar-refractivity contribution in [3.8, 4) is 0 Å². The van der Waals surface area contributed by atoms with Gasteiger partial charge >= 0.3 is 0 Å². The molecular formula is C15H23ClN2O. The van der Waals surface area contributed by atoms with Crippen LogP contribution in [0.25, 0.3) is 0 Å². The number of amides is 1. The lowest BCUT2D eigenvalue weighted by molar-refractivity contribution is 0.0691. The summed E-state index contributed by atoms with van der Waals surface area (Å²) in [4.78, 5) is 14.7. The monoisotopic (exact) mass is 282 g/mol. The minimum Gasteiger partial charge on any atom is -0.334 e. The molecular weight excluding hydrogens is 260 g/mol. The quantitative estimate of drug-likeness (QED) is 0.921. The number of carbonyl (C=O) groups is 1. The van der Waals surface area contributed by atoms with Crippen LogP contribution in [0.15, 0.2) is 24.3 Å². The van der Waals surface area contributed by atoms with Crippen LogP contribution in [0.4, 0.5) is 0 Å². The normalized spacial score (nSPS) is 17.9. The van der Waals surface area contributed by atoms with Crippen molar-refractivity contribution in [1.29, 1.82) is 0 Å². The summed E-state index contributed by atoms with van der Waals surface area (Å²) in [6.45, 7) is 6.92. The number of nitrogens with zero attached hydrogens (tertiary/aromatic N) is 1. The van der Waals surface area contributed by atoms with Gasteiger partial charge in [0.25, 0.3) is 5.91 Å². The smallest absolute Gasteiger partial charge is 0.254 e. The molecule has 4 heteroatoms. The van der Waals surface area contributed by atoms with E-state index in [1.54, 1.807) is 0 Å². The summed E-state index contributed by atoms with van der Waals surface area (Å²) in [5.41, 5.74) is 1.91. The van der Waals surface area contributed by atoms with Crippen LogP contribution in [-0.4, -0.2) is 36.5 Å². The third-order valence-electron chi connectivity index (χ3n) is 3.58. The van der Waals surface area contributed by atoms with Crippen LogP contribution in [0.3, 0.4) is 0 Å². The Morgan fingerprint density at radius 2 is 2.16 bits per heavy atom. The molecule has 1 aromatic carbocycles. The van der Waals surface area contributed by atoms with Gasteiger partial charge in [0.2, 0.25) is 0 Å². The molecule has 1 heterocycles. The summed E-state index contributed by atoms with van der Waals surface area (Å²) in [6.07, 6.45) is 2.08. The van der Waals surface area contributed by atoms with Gasteiger partial charge < -0.3 is 10.2 Å². The molecule has 19 heavy (non-hydrogen) atoms. The zero-order valence-corrected chi connectivity index (χ0v) is 12.5. The van der Waals surface area contributed by atoms with Crippen molar-refractivity contribution in [1.82, 2.24) is 10.2 Å². The van der Waals surface area contributed by atoms with Crippen molar-refractivity contribution in [2.24, 2.45) is 0 Å². The third kappa shape index (κ3) is 3.71. The third-order valence-corrected chi connectivity index (χ3v) is 3.58. The Hall–Kier alpha value is -1.06. The molecule has 1 atom stereocenters. The zero-order chi connectivity index (χ0) is 13.0. The molecule has 1 aromatic rings. The number of benzene rings is 1.